The number of nitrogens with one attached hydrogen (secondary N) is 1. The number of aryl methyl sites for hydroxylation is 1. The molecular formula is C14H19N3O. The average Bonchev–Trinajstić information content (AvgIpc) is 2.81. The zero-order valence-corrected chi connectivity index (χ0v) is 10.9. The summed E-state index contributed by atoms with van der Waals surface area (Å²) >= 11 is 0. The number of hydrogen-bond acceptors (Lipinski definition) is 3. The second-order valence-electron chi connectivity index (χ2n) is 4.26. The third kappa shape index (κ3) is 3.34. The van der Waals surface area contributed by atoms with Gasteiger partial charge in [0, 0.05) is 25.4 Å². The Morgan fingerprint density at radius 1 is 1.33 bits per heavy atom. The van der Waals surface area contributed by atoms with Crippen LogP contribution in [0.2, 0.25) is 0 Å². The third-order valence-electron chi connectivity index (χ3n) is 2.86. The first-order chi connectivity index (χ1) is 8.79. The van der Waals surface area contributed by atoms with Crippen LogP contribution in [0.3, 0.4) is 0 Å². The molecule has 4 nitrogen and oxygen atoms in total. The number of nitrogens with zero attached hydrogens (tertiary/aromatic N) is 2. The topological polar surface area (TPSA) is 39.1 Å². The van der Waals surface area contributed by atoms with E-state index in [4.69, 9.17) is 4.74 Å². The summed E-state index contributed by atoms with van der Waals surface area (Å²) in [5, 5.41) is 7.57. The van der Waals surface area contributed by atoms with E-state index in [0.717, 1.165) is 25.3 Å². The Labute approximate surface area is 108 Å². The molecule has 0 saturated carbocycles. The summed E-state index contributed by atoms with van der Waals surface area (Å²) in [5.41, 5.74) is 2.44. The quantitative estimate of drug-likeness (QED) is 0.788. The first-order valence-electron chi connectivity index (χ1n) is 6.09. The van der Waals surface area contributed by atoms with Gasteiger partial charge in [0.1, 0.15) is 5.75 Å². The zero-order chi connectivity index (χ0) is 12.8. The summed E-state index contributed by atoms with van der Waals surface area (Å²) in [4.78, 5) is 0. The molecule has 1 aromatic carbocycles. The maximum atomic E-state index is 5.31. The first kappa shape index (κ1) is 12.6. The minimum absolute atomic E-state index is 0.824. The van der Waals surface area contributed by atoms with Crippen LogP contribution in [0.4, 0.5) is 0 Å². The minimum Gasteiger partial charge on any atom is -0.496 e. The van der Waals surface area contributed by atoms with Crippen molar-refractivity contribution in [3.63, 3.8) is 0 Å². The predicted octanol–water partition coefficient (Wildman–Crippen LogP) is 1.76. The summed E-state index contributed by atoms with van der Waals surface area (Å²) < 4.78 is 7.14. The second-order valence-corrected chi connectivity index (χ2v) is 4.26. The van der Waals surface area contributed by atoms with Crippen molar-refractivity contribution in [2.24, 2.45) is 7.05 Å². The molecule has 1 heterocycles. The monoisotopic (exact) mass is 245 g/mol. The molecule has 0 radical (unpaired) electrons. The van der Waals surface area contributed by atoms with Crippen molar-refractivity contribution in [3.8, 4) is 5.75 Å². The van der Waals surface area contributed by atoms with E-state index in [-0.39, 0.29) is 0 Å². The number of aromatic nitrogens is 2. The van der Waals surface area contributed by atoms with Gasteiger partial charge in [0.2, 0.25) is 0 Å². The number of rotatable bonds is 6. The lowest BCUT2D eigenvalue weighted by Crippen LogP contribution is -2.17. The summed E-state index contributed by atoms with van der Waals surface area (Å²) in [6.07, 6.45) is 4.94. The van der Waals surface area contributed by atoms with Gasteiger partial charge in [-0.15, -0.1) is 0 Å². The van der Waals surface area contributed by atoms with Crippen LogP contribution < -0.4 is 10.1 Å². The largest absolute Gasteiger partial charge is 0.496 e. The van der Waals surface area contributed by atoms with Crippen molar-refractivity contribution in [1.29, 1.82) is 0 Å². The van der Waals surface area contributed by atoms with Gasteiger partial charge in [-0.1, -0.05) is 18.2 Å². The van der Waals surface area contributed by atoms with Crippen molar-refractivity contribution in [2.45, 2.75) is 13.0 Å². The molecule has 1 aromatic heterocycles. The highest BCUT2D eigenvalue weighted by molar-refractivity contribution is 5.32. The molecule has 0 amide bonds. The van der Waals surface area contributed by atoms with E-state index in [9.17, 15) is 0 Å². The van der Waals surface area contributed by atoms with Gasteiger partial charge in [-0.2, -0.15) is 5.10 Å². The maximum absolute atomic E-state index is 5.31. The van der Waals surface area contributed by atoms with Crippen LogP contribution in [0.1, 0.15) is 11.1 Å². The SMILES string of the molecule is COc1ccccc1CNCCc1cnn(C)c1. The van der Waals surface area contributed by atoms with Gasteiger partial charge in [0.25, 0.3) is 0 Å². The number of hydrogen-bond donors (Lipinski definition) is 1. The second kappa shape index (κ2) is 6.21. The number of ether oxygens (including phenoxy) is 1. The molecule has 0 bridgehead atoms. The highest BCUT2D eigenvalue weighted by atomic mass is 16.5. The van der Waals surface area contributed by atoms with Crippen molar-refractivity contribution in [3.05, 3.63) is 47.8 Å². The molecule has 0 fully saturated rings. The van der Waals surface area contributed by atoms with E-state index >= 15 is 0 Å². The molecule has 0 aliphatic heterocycles. The van der Waals surface area contributed by atoms with E-state index in [1.165, 1.54) is 11.1 Å². The van der Waals surface area contributed by atoms with Crippen LogP contribution in [0, 0.1) is 0 Å². The summed E-state index contributed by atoms with van der Waals surface area (Å²) in [7, 11) is 3.64. The van der Waals surface area contributed by atoms with Crippen molar-refractivity contribution in [2.75, 3.05) is 13.7 Å². The van der Waals surface area contributed by atoms with Crippen LogP contribution in [0.15, 0.2) is 36.7 Å². The molecule has 0 saturated heterocycles. The van der Waals surface area contributed by atoms with Gasteiger partial charge in [-0.25, -0.2) is 0 Å². The van der Waals surface area contributed by atoms with Crippen LogP contribution in [-0.2, 0) is 20.0 Å². The molecule has 2 aromatic rings. The van der Waals surface area contributed by atoms with Gasteiger partial charge in [0.15, 0.2) is 0 Å². The summed E-state index contributed by atoms with van der Waals surface area (Å²) in [5.74, 6) is 0.936. The Kier molecular flexibility index (Phi) is 4.36. The summed E-state index contributed by atoms with van der Waals surface area (Å²) in [6, 6.07) is 8.08. The molecule has 0 atom stereocenters. The van der Waals surface area contributed by atoms with Gasteiger partial charge in [-0.3, -0.25) is 4.68 Å². The van der Waals surface area contributed by atoms with E-state index in [2.05, 4.69) is 16.5 Å². The van der Waals surface area contributed by atoms with Crippen LogP contribution in [0.25, 0.3) is 0 Å². The molecule has 96 valence electrons. The molecule has 18 heavy (non-hydrogen) atoms. The number of benzene rings is 1. The number of para-hydroxylation sites is 1. The zero-order valence-electron chi connectivity index (χ0n) is 10.9. The van der Waals surface area contributed by atoms with Crippen molar-refractivity contribution >= 4 is 0 Å². The highest BCUT2D eigenvalue weighted by Crippen LogP contribution is 2.16. The predicted molar refractivity (Wildman–Crippen MR) is 71.6 cm³/mol. The molecule has 4 heteroatoms. The smallest absolute Gasteiger partial charge is 0.123 e. The van der Waals surface area contributed by atoms with Gasteiger partial charge < -0.3 is 10.1 Å². The molecule has 2 rings (SSSR count). The normalized spacial score (nSPS) is 10.6. The Balaban J connectivity index is 1.78. The molecule has 0 spiro atoms. The van der Waals surface area contributed by atoms with E-state index in [1.807, 2.05) is 42.3 Å². The van der Waals surface area contributed by atoms with Crippen LogP contribution in [0.5, 0.6) is 5.75 Å². The Morgan fingerprint density at radius 3 is 2.89 bits per heavy atom. The van der Waals surface area contributed by atoms with Crippen molar-refractivity contribution < 1.29 is 4.74 Å². The average molecular weight is 245 g/mol. The van der Waals surface area contributed by atoms with Crippen molar-refractivity contribution in [1.82, 2.24) is 15.1 Å². The Morgan fingerprint density at radius 2 is 2.17 bits per heavy atom. The van der Waals surface area contributed by atoms with Gasteiger partial charge in [0.05, 0.1) is 13.3 Å². The third-order valence-corrected chi connectivity index (χ3v) is 2.86. The molecule has 1 N–H and O–H groups in total. The lowest BCUT2D eigenvalue weighted by molar-refractivity contribution is 0.408. The molecule has 0 aliphatic carbocycles. The van der Waals surface area contributed by atoms with Gasteiger partial charge in [-0.05, 0) is 24.6 Å². The van der Waals surface area contributed by atoms with E-state index in [0.29, 0.717) is 0 Å². The fourth-order valence-electron chi connectivity index (χ4n) is 1.91. The Hall–Kier alpha value is -1.81. The van der Waals surface area contributed by atoms with Crippen LogP contribution >= 0.6 is 0 Å². The van der Waals surface area contributed by atoms with E-state index in [1.54, 1.807) is 7.11 Å². The van der Waals surface area contributed by atoms with Crippen LogP contribution in [-0.4, -0.2) is 23.4 Å². The first-order valence-corrected chi connectivity index (χ1v) is 6.09. The minimum atomic E-state index is 0.824. The maximum Gasteiger partial charge on any atom is 0.123 e. The van der Waals surface area contributed by atoms with Gasteiger partial charge >= 0.3 is 0 Å². The molecular weight excluding hydrogens is 226 g/mol. The lowest BCUT2D eigenvalue weighted by atomic mass is 10.2. The number of methoxy groups -OCH3 is 1. The lowest BCUT2D eigenvalue weighted by Gasteiger charge is -2.08. The molecule has 0 aliphatic rings. The van der Waals surface area contributed by atoms with E-state index < -0.39 is 0 Å². The Bertz CT molecular complexity index is 493. The fraction of sp³-hybridized carbons (Fsp3) is 0.357. The molecule has 0 unspecified atom stereocenters. The fourth-order valence-corrected chi connectivity index (χ4v) is 1.91. The highest BCUT2D eigenvalue weighted by Gasteiger charge is 2.01. The summed E-state index contributed by atoms with van der Waals surface area (Å²) in [6.45, 7) is 1.76. The standard InChI is InChI=1S/C14H19N3O/c1-17-11-12(9-16-17)7-8-15-10-13-5-3-4-6-14(13)18-2/h3-6,9,11,15H,7-8,10H2,1-2H3.